The van der Waals surface area contributed by atoms with Gasteiger partial charge in [0.25, 0.3) is 0 Å². The second-order valence-electron chi connectivity index (χ2n) is 8.49. The standard InChI is InChI=1S/C27H41NO3/c1-3-4-9-16-24-19-20-25(28(24)22-21-23-14-10-8-11-15-23)26(29)17-12-6-5-7-13-18-27(30)31-2/h8,10-11,14-15,19-20,26,29H,3-7,9,12-13,16-18,21-22H2,1-2H3. The third-order valence-corrected chi connectivity index (χ3v) is 6.04. The Balaban J connectivity index is 1.86. The normalized spacial score (nSPS) is 12.1. The number of carbonyl (C=O) groups is 1. The first-order valence-corrected chi connectivity index (χ1v) is 12.1. The highest BCUT2D eigenvalue weighted by Crippen LogP contribution is 2.24. The highest BCUT2D eigenvalue weighted by Gasteiger charge is 2.15. The fourth-order valence-corrected chi connectivity index (χ4v) is 4.14. The molecule has 0 aliphatic heterocycles. The Morgan fingerprint density at radius 1 is 0.935 bits per heavy atom. The molecule has 1 aromatic carbocycles. The molecule has 4 heteroatoms. The van der Waals surface area contributed by atoms with Gasteiger partial charge >= 0.3 is 5.97 Å². The van der Waals surface area contributed by atoms with E-state index in [1.54, 1.807) is 0 Å². The van der Waals surface area contributed by atoms with E-state index in [9.17, 15) is 9.90 Å². The maximum atomic E-state index is 11.1. The van der Waals surface area contributed by atoms with E-state index >= 15 is 0 Å². The Bertz CT molecular complexity index is 738. The number of aliphatic hydroxyl groups is 1. The Hall–Kier alpha value is -2.07. The van der Waals surface area contributed by atoms with Gasteiger partial charge in [-0.1, -0.05) is 75.8 Å². The topological polar surface area (TPSA) is 51.5 Å². The number of ether oxygens (including phenoxy) is 1. The highest BCUT2D eigenvalue weighted by molar-refractivity contribution is 5.68. The molecule has 0 saturated carbocycles. The van der Waals surface area contributed by atoms with Gasteiger partial charge in [-0.2, -0.15) is 0 Å². The van der Waals surface area contributed by atoms with E-state index in [1.165, 1.54) is 37.6 Å². The first-order chi connectivity index (χ1) is 15.2. The number of hydrogen-bond acceptors (Lipinski definition) is 3. The van der Waals surface area contributed by atoms with Crippen LogP contribution in [-0.2, 0) is 28.9 Å². The van der Waals surface area contributed by atoms with Crippen molar-refractivity contribution in [3.05, 3.63) is 59.4 Å². The van der Waals surface area contributed by atoms with Crippen molar-refractivity contribution < 1.29 is 14.6 Å². The van der Waals surface area contributed by atoms with Crippen LogP contribution in [0.1, 0.15) is 94.2 Å². The number of methoxy groups -OCH3 is 1. The van der Waals surface area contributed by atoms with E-state index in [0.717, 1.165) is 63.6 Å². The van der Waals surface area contributed by atoms with Gasteiger partial charge in [-0.05, 0) is 49.8 Å². The SMILES string of the molecule is CCCCCc1ccc(C(O)CCCCCCCC(=O)OC)n1CCc1ccccc1. The van der Waals surface area contributed by atoms with Crippen molar-refractivity contribution in [2.24, 2.45) is 0 Å². The molecule has 0 spiro atoms. The van der Waals surface area contributed by atoms with E-state index in [0.29, 0.717) is 6.42 Å². The van der Waals surface area contributed by atoms with Crippen LogP contribution in [0.3, 0.4) is 0 Å². The summed E-state index contributed by atoms with van der Waals surface area (Å²) < 4.78 is 7.04. The van der Waals surface area contributed by atoms with Gasteiger partial charge in [-0.25, -0.2) is 0 Å². The van der Waals surface area contributed by atoms with Crippen molar-refractivity contribution in [1.82, 2.24) is 4.57 Å². The lowest BCUT2D eigenvalue weighted by atomic mass is 10.1. The summed E-state index contributed by atoms with van der Waals surface area (Å²) in [5, 5.41) is 10.9. The summed E-state index contributed by atoms with van der Waals surface area (Å²) in [4.78, 5) is 11.1. The van der Waals surface area contributed by atoms with Gasteiger partial charge in [0.2, 0.25) is 0 Å². The van der Waals surface area contributed by atoms with Crippen molar-refractivity contribution in [2.45, 2.75) is 96.6 Å². The zero-order chi connectivity index (χ0) is 22.3. The molecule has 2 rings (SSSR count). The molecule has 0 fully saturated rings. The quantitative estimate of drug-likeness (QED) is 0.249. The molecule has 0 aliphatic carbocycles. The van der Waals surface area contributed by atoms with Gasteiger partial charge in [0.15, 0.2) is 0 Å². The van der Waals surface area contributed by atoms with Crippen LogP contribution in [0.15, 0.2) is 42.5 Å². The van der Waals surface area contributed by atoms with Crippen LogP contribution in [0.2, 0.25) is 0 Å². The Morgan fingerprint density at radius 3 is 2.42 bits per heavy atom. The van der Waals surface area contributed by atoms with Crippen LogP contribution in [0, 0.1) is 0 Å². The van der Waals surface area contributed by atoms with E-state index in [1.807, 2.05) is 0 Å². The summed E-state index contributed by atoms with van der Waals surface area (Å²) in [5.41, 5.74) is 3.75. The van der Waals surface area contributed by atoms with Crippen molar-refractivity contribution in [3.63, 3.8) is 0 Å². The van der Waals surface area contributed by atoms with E-state index in [2.05, 4.69) is 58.7 Å². The van der Waals surface area contributed by atoms with Gasteiger partial charge in [0.1, 0.15) is 0 Å². The molecule has 172 valence electrons. The van der Waals surface area contributed by atoms with Crippen LogP contribution < -0.4 is 0 Å². The summed E-state index contributed by atoms with van der Waals surface area (Å²) in [7, 11) is 1.44. The molecule has 4 nitrogen and oxygen atoms in total. The number of rotatable bonds is 16. The van der Waals surface area contributed by atoms with Crippen LogP contribution in [-0.4, -0.2) is 22.8 Å². The summed E-state index contributed by atoms with van der Waals surface area (Å²) in [6, 6.07) is 14.9. The fraction of sp³-hybridized carbons (Fsp3) is 0.593. The van der Waals surface area contributed by atoms with Crippen LogP contribution in [0.4, 0.5) is 0 Å². The number of unbranched alkanes of at least 4 members (excludes halogenated alkanes) is 6. The molecule has 0 radical (unpaired) electrons. The largest absolute Gasteiger partial charge is 0.469 e. The summed E-state index contributed by atoms with van der Waals surface area (Å²) in [6.45, 7) is 3.15. The lowest BCUT2D eigenvalue weighted by Gasteiger charge is -2.18. The Kier molecular flexibility index (Phi) is 12.1. The second kappa shape index (κ2) is 14.9. The molecule has 0 bridgehead atoms. The number of hydrogen-bond donors (Lipinski definition) is 1. The molecular formula is C27H41NO3. The number of carbonyl (C=O) groups excluding carboxylic acids is 1. The average Bonchev–Trinajstić information content (AvgIpc) is 3.20. The predicted octanol–water partition coefficient (Wildman–Crippen LogP) is 6.40. The smallest absolute Gasteiger partial charge is 0.305 e. The van der Waals surface area contributed by atoms with Crippen LogP contribution in [0.5, 0.6) is 0 Å². The van der Waals surface area contributed by atoms with Crippen molar-refractivity contribution in [2.75, 3.05) is 7.11 Å². The number of aliphatic hydroxyl groups excluding tert-OH is 1. The molecular weight excluding hydrogens is 386 g/mol. The van der Waals surface area contributed by atoms with Gasteiger partial charge in [-0.3, -0.25) is 4.79 Å². The molecule has 0 amide bonds. The number of aryl methyl sites for hydroxylation is 2. The van der Waals surface area contributed by atoms with Crippen LogP contribution in [0.25, 0.3) is 0 Å². The number of nitrogens with zero attached hydrogens (tertiary/aromatic N) is 1. The summed E-state index contributed by atoms with van der Waals surface area (Å²) in [5.74, 6) is -0.124. The van der Waals surface area contributed by atoms with Gasteiger partial charge in [0, 0.05) is 24.4 Å². The third kappa shape index (κ3) is 9.30. The number of esters is 1. The monoisotopic (exact) mass is 427 g/mol. The summed E-state index contributed by atoms with van der Waals surface area (Å²) >= 11 is 0. The molecule has 1 N–H and O–H groups in total. The minimum absolute atomic E-state index is 0.124. The molecule has 0 saturated heterocycles. The molecule has 1 aromatic heterocycles. The molecule has 0 aliphatic rings. The first kappa shape index (κ1) is 25.2. The molecule has 1 heterocycles. The minimum atomic E-state index is -0.411. The molecule has 31 heavy (non-hydrogen) atoms. The van der Waals surface area contributed by atoms with Crippen molar-refractivity contribution in [3.8, 4) is 0 Å². The predicted molar refractivity (Wildman–Crippen MR) is 127 cm³/mol. The lowest BCUT2D eigenvalue weighted by Crippen LogP contribution is -2.12. The summed E-state index contributed by atoms with van der Waals surface area (Å²) in [6.07, 6.45) is 11.7. The Morgan fingerprint density at radius 2 is 1.68 bits per heavy atom. The average molecular weight is 428 g/mol. The third-order valence-electron chi connectivity index (χ3n) is 6.04. The maximum Gasteiger partial charge on any atom is 0.305 e. The maximum absolute atomic E-state index is 11.1. The zero-order valence-corrected chi connectivity index (χ0v) is 19.5. The number of aromatic nitrogens is 1. The number of benzene rings is 1. The fourth-order valence-electron chi connectivity index (χ4n) is 4.14. The van der Waals surface area contributed by atoms with Crippen LogP contribution >= 0.6 is 0 Å². The molecule has 1 unspecified atom stereocenters. The first-order valence-electron chi connectivity index (χ1n) is 12.1. The van der Waals surface area contributed by atoms with E-state index in [-0.39, 0.29) is 5.97 Å². The van der Waals surface area contributed by atoms with Gasteiger partial charge in [0.05, 0.1) is 13.2 Å². The van der Waals surface area contributed by atoms with Gasteiger partial charge < -0.3 is 14.4 Å². The zero-order valence-electron chi connectivity index (χ0n) is 19.5. The second-order valence-corrected chi connectivity index (χ2v) is 8.49. The Labute approximate surface area is 188 Å². The van der Waals surface area contributed by atoms with Gasteiger partial charge in [-0.15, -0.1) is 0 Å². The van der Waals surface area contributed by atoms with E-state index in [4.69, 9.17) is 0 Å². The van der Waals surface area contributed by atoms with Crippen molar-refractivity contribution >= 4 is 5.97 Å². The minimum Gasteiger partial charge on any atom is -0.469 e. The molecule has 1 atom stereocenters. The lowest BCUT2D eigenvalue weighted by molar-refractivity contribution is -0.140. The highest BCUT2D eigenvalue weighted by atomic mass is 16.5. The van der Waals surface area contributed by atoms with E-state index < -0.39 is 6.10 Å². The molecule has 2 aromatic rings. The van der Waals surface area contributed by atoms with Crippen molar-refractivity contribution in [1.29, 1.82) is 0 Å².